The average Bonchev–Trinajstić information content (AvgIpc) is 2.58. The zero-order chi connectivity index (χ0) is 18.4. The number of likely N-dealkylation sites (tertiary alicyclic amines) is 1. The van der Waals surface area contributed by atoms with Crippen molar-refractivity contribution in [1.82, 2.24) is 14.8 Å². The highest BCUT2D eigenvalue weighted by Crippen LogP contribution is 2.22. The number of rotatable bonds is 4. The van der Waals surface area contributed by atoms with E-state index in [1.807, 2.05) is 45.9 Å². The first-order valence-electron chi connectivity index (χ1n) is 9.00. The van der Waals surface area contributed by atoms with Crippen LogP contribution in [0.4, 0.5) is 4.79 Å². The summed E-state index contributed by atoms with van der Waals surface area (Å²) in [5.41, 5.74) is 0.276. The molecule has 1 aliphatic rings. The molecular formula is C19H29N3O3. The van der Waals surface area contributed by atoms with Gasteiger partial charge in [-0.2, -0.15) is 0 Å². The molecule has 1 fully saturated rings. The first-order chi connectivity index (χ1) is 11.8. The molecule has 0 spiro atoms. The third-order valence-corrected chi connectivity index (χ3v) is 4.19. The van der Waals surface area contributed by atoms with Gasteiger partial charge in [-0.3, -0.25) is 14.7 Å². The SMILES string of the molecule is CCN(Cc1ccccn1)C(=O)C1CCCCN1C(=O)OC(C)(C)C. The minimum absolute atomic E-state index is 0.0290. The molecule has 1 aromatic rings. The topological polar surface area (TPSA) is 62.7 Å². The lowest BCUT2D eigenvalue weighted by Crippen LogP contribution is -2.53. The summed E-state index contributed by atoms with van der Waals surface area (Å²) in [5.74, 6) is -0.0290. The number of amides is 2. The Morgan fingerprint density at radius 3 is 2.68 bits per heavy atom. The van der Waals surface area contributed by atoms with Crippen LogP contribution in [-0.4, -0.2) is 51.5 Å². The summed E-state index contributed by atoms with van der Waals surface area (Å²) in [6.07, 6.45) is 3.84. The van der Waals surface area contributed by atoms with Crippen molar-refractivity contribution in [2.45, 2.75) is 65.1 Å². The van der Waals surface area contributed by atoms with Crippen LogP contribution in [0.25, 0.3) is 0 Å². The van der Waals surface area contributed by atoms with Crippen LogP contribution in [0.3, 0.4) is 0 Å². The summed E-state index contributed by atoms with van der Waals surface area (Å²) in [7, 11) is 0. The number of likely N-dealkylation sites (N-methyl/N-ethyl adjacent to an activating group) is 1. The van der Waals surface area contributed by atoms with Crippen molar-refractivity contribution in [3.8, 4) is 0 Å². The fraction of sp³-hybridized carbons (Fsp3) is 0.632. The second-order valence-electron chi connectivity index (χ2n) is 7.36. The summed E-state index contributed by atoms with van der Waals surface area (Å²) >= 11 is 0. The van der Waals surface area contributed by atoms with Gasteiger partial charge in [-0.05, 0) is 59.1 Å². The standard InChI is InChI=1S/C19H29N3O3/c1-5-21(14-15-10-6-8-12-20-15)17(23)16-11-7-9-13-22(16)18(24)25-19(2,3)4/h6,8,10,12,16H,5,7,9,11,13-14H2,1-4H3. The molecule has 0 radical (unpaired) electrons. The van der Waals surface area contributed by atoms with Crippen LogP contribution < -0.4 is 0 Å². The van der Waals surface area contributed by atoms with E-state index < -0.39 is 17.7 Å². The molecule has 0 aliphatic carbocycles. The van der Waals surface area contributed by atoms with Gasteiger partial charge in [-0.1, -0.05) is 6.07 Å². The first kappa shape index (κ1) is 19.2. The first-order valence-corrected chi connectivity index (χ1v) is 9.00. The Balaban J connectivity index is 2.11. The largest absolute Gasteiger partial charge is 0.444 e. The van der Waals surface area contributed by atoms with E-state index in [4.69, 9.17) is 4.74 Å². The molecule has 1 saturated heterocycles. The van der Waals surface area contributed by atoms with Crippen LogP contribution >= 0.6 is 0 Å². The van der Waals surface area contributed by atoms with Crippen molar-refractivity contribution in [2.75, 3.05) is 13.1 Å². The zero-order valence-corrected chi connectivity index (χ0v) is 15.7. The van der Waals surface area contributed by atoms with Crippen molar-refractivity contribution in [3.63, 3.8) is 0 Å². The molecule has 0 N–H and O–H groups in total. The average molecular weight is 347 g/mol. The molecule has 6 heteroatoms. The Kier molecular flexibility index (Phi) is 6.39. The molecule has 1 aromatic heterocycles. The third-order valence-electron chi connectivity index (χ3n) is 4.19. The smallest absolute Gasteiger partial charge is 0.410 e. The number of nitrogens with zero attached hydrogens (tertiary/aromatic N) is 3. The van der Waals surface area contributed by atoms with Gasteiger partial charge in [-0.15, -0.1) is 0 Å². The molecule has 1 aliphatic heterocycles. The number of piperidine rings is 1. The number of ether oxygens (including phenoxy) is 1. The number of hydrogen-bond acceptors (Lipinski definition) is 4. The minimum atomic E-state index is -0.569. The van der Waals surface area contributed by atoms with Gasteiger partial charge in [0.2, 0.25) is 5.91 Å². The van der Waals surface area contributed by atoms with Crippen LogP contribution in [-0.2, 0) is 16.1 Å². The fourth-order valence-corrected chi connectivity index (χ4v) is 2.97. The normalized spacial score (nSPS) is 17.9. The lowest BCUT2D eigenvalue weighted by Gasteiger charge is -2.38. The Labute approximate surface area is 150 Å². The van der Waals surface area contributed by atoms with Crippen LogP contribution in [0.1, 0.15) is 52.7 Å². The summed E-state index contributed by atoms with van der Waals surface area (Å²) < 4.78 is 5.49. The van der Waals surface area contributed by atoms with Crippen molar-refractivity contribution >= 4 is 12.0 Å². The van der Waals surface area contributed by atoms with Gasteiger partial charge in [0.25, 0.3) is 0 Å². The third kappa shape index (κ3) is 5.44. The maximum atomic E-state index is 13.1. The molecule has 0 saturated carbocycles. The van der Waals surface area contributed by atoms with E-state index in [-0.39, 0.29) is 5.91 Å². The van der Waals surface area contributed by atoms with Crippen LogP contribution in [0.5, 0.6) is 0 Å². The molecule has 2 rings (SSSR count). The summed E-state index contributed by atoms with van der Waals surface area (Å²) in [6, 6.07) is 5.22. The number of aromatic nitrogens is 1. The minimum Gasteiger partial charge on any atom is -0.444 e. The zero-order valence-electron chi connectivity index (χ0n) is 15.7. The molecule has 6 nitrogen and oxygen atoms in total. The Hall–Kier alpha value is -2.11. The van der Waals surface area contributed by atoms with Gasteiger partial charge in [0, 0.05) is 19.3 Å². The highest BCUT2D eigenvalue weighted by molar-refractivity contribution is 5.86. The highest BCUT2D eigenvalue weighted by Gasteiger charge is 2.36. The predicted molar refractivity (Wildman–Crippen MR) is 95.9 cm³/mol. The van der Waals surface area contributed by atoms with Gasteiger partial charge in [-0.25, -0.2) is 4.79 Å². The fourth-order valence-electron chi connectivity index (χ4n) is 2.97. The molecule has 1 atom stereocenters. The van der Waals surface area contributed by atoms with Crippen molar-refractivity contribution in [1.29, 1.82) is 0 Å². The van der Waals surface area contributed by atoms with E-state index in [0.29, 0.717) is 26.1 Å². The monoisotopic (exact) mass is 347 g/mol. The quantitative estimate of drug-likeness (QED) is 0.839. The van der Waals surface area contributed by atoms with E-state index in [9.17, 15) is 9.59 Å². The van der Waals surface area contributed by atoms with Gasteiger partial charge in [0.05, 0.1) is 12.2 Å². The van der Waals surface area contributed by atoms with E-state index in [2.05, 4.69) is 4.98 Å². The van der Waals surface area contributed by atoms with E-state index in [0.717, 1.165) is 18.5 Å². The van der Waals surface area contributed by atoms with Gasteiger partial charge in [0.15, 0.2) is 0 Å². The maximum absolute atomic E-state index is 13.1. The summed E-state index contributed by atoms with van der Waals surface area (Å²) in [5, 5.41) is 0. The lowest BCUT2D eigenvalue weighted by molar-refractivity contribution is -0.138. The van der Waals surface area contributed by atoms with Crippen molar-refractivity contribution in [3.05, 3.63) is 30.1 Å². The van der Waals surface area contributed by atoms with E-state index in [1.54, 1.807) is 16.0 Å². The van der Waals surface area contributed by atoms with Crippen LogP contribution in [0, 0.1) is 0 Å². The number of carbonyl (C=O) groups is 2. The Morgan fingerprint density at radius 2 is 2.08 bits per heavy atom. The van der Waals surface area contributed by atoms with Crippen molar-refractivity contribution in [2.24, 2.45) is 0 Å². The van der Waals surface area contributed by atoms with Gasteiger partial charge in [0.1, 0.15) is 11.6 Å². The predicted octanol–water partition coefficient (Wildman–Crippen LogP) is 3.22. The number of hydrogen-bond donors (Lipinski definition) is 0. The highest BCUT2D eigenvalue weighted by atomic mass is 16.6. The molecule has 1 unspecified atom stereocenters. The lowest BCUT2D eigenvalue weighted by atomic mass is 10.0. The van der Waals surface area contributed by atoms with Crippen LogP contribution in [0.15, 0.2) is 24.4 Å². The Morgan fingerprint density at radius 1 is 1.32 bits per heavy atom. The summed E-state index contributed by atoms with van der Waals surface area (Å²) in [4.78, 5) is 33.2. The maximum Gasteiger partial charge on any atom is 0.410 e. The van der Waals surface area contributed by atoms with Gasteiger partial charge >= 0.3 is 6.09 Å². The Bertz CT molecular complexity index is 583. The molecule has 0 aromatic carbocycles. The van der Waals surface area contributed by atoms with E-state index >= 15 is 0 Å². The second-order valence-corrected chi connectivity index (χ2v) is 7.36. The van der Waals surface area contributed by atoms with Crippen molar-refractivity contribution < 1.29 is 14.3 Å². The molecule has 25 heavy (non-hydrogen) atoms. The molecular weight excluding hydrogens is 318 g/mol. The summed E-state index contributed by atoms with van der Waals surface area (Å²) in [6.45, 7) is 9.05. The van der Waals surface area contributed by atoms with E-state index in [1.165, 1.54) is 0 Å². The van der Waals surface area contributed by atoms with Crippen LogP contribution in [0.2, 0.25) is 0 Å². The van der Waals surface area contributed by atoms with Gasteiger partial charge < -0.3 is 9.64 Å². The second kappa shape index (κ2) is 8.32. The molecule has 2 amide bonds. The molecule has 2 heterocycles. The number of carbonyl (C=O) groups excluding carboxylic acids is 2. The molecule has 0 bridgehead atoms. The molecule has 138 valence electrons. The number of pyridine rings is 1.